The Kier molecular flexibility index (Phi) is 1.62. The van der Waals surface area contributed by atoms with E-state index in [0.29, 0.717) is 0 Å². The molecule has 0 radical (unpaired) electrons. The second-order valence-corrected chi connectivity index (χ2v) is 3.00. The van der Waals surface area contributed by atoms with E-state index in [1.54, 1.807) is 0 Å². The fourth-order valence-corrected chi connectivity index (χ4v) is 1.40. The molecule has 2 rings (SSSR count). The van der Waals surface area contributed by atoms with E-state index in [-0.39, 0.29) is 5.82 Å². The van der Waals surface area contributed by atoms with Gasteiger partial charge in [0, 0.05) is 6.20 Å². The van der Waals surface area contributed by atoms with Crippen molar-refractivity contribution in [1.82, 2.24) is 9.38 Å². The Bertz CT molecular complexity index is 473. The van der Waals surface area contributed by atoms with E-state index >= 15 is 0 Å². The predicted octanol–water partition coefficient (Wildman–Crippen LogP) is 2.35. The van der Waals surface area contributed by atoms with E-state index in [2.05, 4.69) is 10.2 Å². The minimum Gasteiger partial charge on any atom is -0.302 e. The van der Waals surface area contributed by atoms with Gasteiger partial charge in [-0.05, 0) is 30.7 Å². The molecule has 4 heteroatoms. The average Bonchev–Trinajstić information content (AvgIpc) is 2.45. The van der Waals surface area contributed by atoms with Crippen LogP contribution in [0, 0.1) is 18.8 Å². The number of nitroso groups, excluding NO2 is 1. The maximum Gasteiger partial charge on any atom is 0.218 e. The molecule has 0 bridgehead atoms. The summed E-state index contributed by atoms with van der Waals surface area (Å²) in [6, 6.07) is 3.88. The van der Waals surface area contributed by atoms with Crippen molar-refractivity contribution in [3.63, 3.8) is 0 Å². The van der Waals surface area contributed by atoms with Gasteiger partial charge in [-0.15, -0.1) is 4.91 Å². The van der Waals surface area contributed by atoms with Crippen LogP contribution in [0.25, 0.3) is 5.65 Å². The molecule has 0 spiro atoms. The minimum absolute atomic E-state index is 0.273. The highest BCUT2D eigenvalue weighted by Crippen LogP contribution is 2.20. The molecule has 0 aromatic carbocycles. The predicted molar refractivity (Wildman–Crippen MR) is 50.1 cm³/mol. The number of hydrogen-bond donors (Lipinski definition) is 0. The molecule has 2 heterocycles. The number of fused-ring (bicyclic) bond motifs is 1. The molecule has 0 atom stereocenters. The normalized spacial score (nSPS) is 10.6. The van der Waals surface area contributed by atoms with Crippen LogP contribution >= 0.6 is 0 Å². The molecule has 2 aromatic heterocycles. The summed E-state index contributed by atoms with van der Waals surface area (Å²) in [5.74, 6) is 0.273. The molecule has 4 nitrogen and oxygen atoms in total. The second-order valence-electron chi connectivity index (χ2n) is 3.00. The summed E-state index contributed by atoms with van der Waals surface area (Å²) in [4.78, 5) is 14.5. The second kappa shape index (κ2) is 2.65. The number of aromatic nitrogens is 2. The SMILES string of the molecule is Cc1cccn2c(C)c(N=O)nc12. The van der Waals surface area contributed by atoms with E-state index in [1.165, 1.54) is 0 Å². The van der Waals surface area contributed by atoms with Crippen LogP contribution in [0.3, 0.4) is 0 Å². The molecule has 0 unspecified atom stereocenters. The first-order valence-electron chi connectivity index (χ1n) is 4.01. The van der Waals surface area contributed by atoms with Gasteiger partial charge in [-0.1, -0.05) is 6.07 Å². The van der Waals surface area contributed by atoms with Crippen LogP contribution in [0.5, 0.6) is 0 Å². The molecule has 0 aliphatic rings. The molecule has 2 aromatic rings. The third kappa shape index (κ3) is 1.02. The van der Waals surface area contributed by atoms with Crippen LogP contribution in [0.2, 0.25) is 0 Å². The standard InChI is InChI=1S/C9H9N3O/c1-6-4-3-5-12-7(2)8(11-13)10-9(6)12/h3-5H,1-2H3. The molecule has 0 aliphatic carbocycles. The largest absolute Gasteiger partial charge is 0.302 e. The summed E-state index contributed by atoms with van der Waals surface area (Å²) in [6.07, 6.45) is 1.87. The van der Waals surface area contributed by atoms with Gasteiger partial charge < -0.3 is 4.40 Å². The zero-order chi connectivity index (χ0) is 9.42. The lowest BCUT2D eigenvalue weighted by Gasteiger charge is -1.96. The fraction of sp³-hybridized carbons (Fsp3) is 0.222. The van der Waals surface area contributed by atoms with Crippen LogP contribution in [0.4, 0.5) is 5.82 Å². The molecule has 0 aliphatic heterocycles. The van der Waals surface area contributed by atoms with Gasteiger partial charge in [-0.3, -0.25) is 0 Å². The number of hydrogen-bond acceptors (Lipinski definition) is 3. The van der Waals surface area contributed by atoms with Gasteiger partial charge >= 0.3 is 0 Å². The van der Waals surface area contributed by atoms with Crippen LogP contribution in [-0.2, 0) is 0 Å². The smallest absolute Gasteiger partial charge is 0.218 e. The van der Waals surface area contributed by atoms with Crippen molar-refractivity contribution < 1.29 is 0 Å². The van der Waals surface area contributed by atoms with Crippen molar-refractivity contribution in [2.75, 3.05) is 0 Å². The summed E-state index contributed by atoms with van der Waals surface area (Å²) in [5, 5.41) is 2.87. The number of nitrogens with zero attached hydrogens (tertiary/aromatic N) is 3. The maximum absolute atomic E-state index is 10.4. The average molecular weight is 175 g/mol. The Morgan fingerprint density at radius 3 is 2.85 bits per heavy atom. The van der Waals surface area contributed by atoms with Gasteiger partial charge in [0.2, 0.25) is 5.82 Å². The molecular formula is C9H9N3O. The van der Waals surface area contributed by atoms with Crippen LogP contribution < -0.4 is 0 Å². The van der Waals surface area contributed by atoms with E-state index in [9.17, 15) is 4.91 Å². The topological polar surface area (TPSA) is 46.7 Å². The lowest BCUT2D eigenvalue weighted by Crippen LogP contribution is -1.87. The fourth-order valence-electron chi connectivity index (χ4n) is 1.40. The Morgan fingerprint density at radius 2 is 2.23 bits per heavy atom. The van der Waals surface area contributed by atoms with E-state index in [0.717, 1.165) is 16.9 Å². The van der Waals surface area contributed by atoms with Crippen molar-refractivity contribution in [1.29, 1.82) is 0 Å². The third-order valence-electron chi connectivity index (χ3n) is 2.15. The van der Waals surface area contributed by atoms with Crippen molar-refractivity contribution in [2.45, 2.75) is 13.8 Å². The summed E-state index contributed by atoms with van der Waals surface area (Å²) < 4.78 is 1.87. The van der Waals surface area contributed by atoms with Crippen molar-refractivity contribution in [2.24, 2.45) is 5.18 Å². The van der Waals surface area contributed by atoms with Gasteiger partial charge in [0.05, 0.1) is 5.69 Å². The first-order chi connectivity index (χ1) is 6.24. The monoisotopic (exact) mass is 175 g/mol. The number of imidazole rings is 1. The third-order valence-corrected chi connectivity index (χ3v) is 2.15. The van der Waals surface area contributed by atoms with Gasteiger partial charge in [-0.25, -0.2) is 4.98 Å². The molecule has 66 valence electrons. The molecule has 0 saturated carbocycles. The number of aryl methyl sites for hydroxylation is 2. The van der Waals surface area contributed by atoms with Crippen molar-refractivity contribution in [3.8, 4) is 0 Å². The zero-order valence-electron chi connectivity index (χ0n) is 7.48. The van der Waals surface area contributed by atoms with E-state index < -0.39 is 0 Å². The Labute approximate surface area is 75.2 Å². The molecule has 0 saturated heterocycles. The molecule has 0 fully saturated rings. The highest BCUT2D eigenvalue weighted by atomic mass is 16.3. The lowest BCUT2D eigenvalue weighted by atomic mass is 10.3. The van der Waals surface area contributed by atoms with Gasteiger partial charge in [0.25, 0.3) is 0 Å². The highest BCUT2D eigenvalue weighted by Gasteiger charge is 2.08. The molecule has 0 amide bonds. The van der Waals surface area contributed by atoms with Crippen molar-refractivity contribution in [3.05, 3.63) is 34.5 Å². The van der Waals surface area contributed by atoms with Gasteiger partial charge in [0.15, 0.2) is 0 Å². The summed E-state index contributed by atoms with van der Waals surface area (Å²) >= 11 is 0. The first kappa shape index (κ1) is 7.91. The quantitative estimate of drug-likeness (QED) is 0.624. The maximum atomic E-state index is 10.4. The Balaban J connectivity index is 2.91. The zero-order valence-corrected chi connectivity index (χ0v) is 7.48. The molecule has 13 heavy (non-hydrogen) atoms. The summed E-state index contributed by atoms with van der Waals surface area (Å²) in [7, 11) is 0. The van der Waals surface area contributed by atoms with E-state index in [1.807, 2.05) is 36.6 Å². The van der Waals surface area contributed by atoms with Crippen LogP contribution in [0.15, 0.2) is 23.5 Å². The number of rotatable bonds is 1. The van der Waals surface area contributed by atoms with Crippen LogP contribution in [-0.4, -0.2) is 9.38 Å². The summed E-state index contributed by atoms with van der Waals surface area (Å²) in [5.41, 5.74) is 2.63. The first-order valence-corrected chi connectivity index (χ1v) is 4.01. The van der Waals surface area contributed by atoms with Gasteiger partial charge in [0.1, 0.15) is 5.65 Å². The summed E-state index contributed by atoms with van der Waals surface area (Å²) in [6.45, 7) is 3.78. The lowest BCUT2D eigenvalue weighted by molar-refractivity contribution is 1.10. The van der Waals surface area contributed by atoms with E-state index in [4.69, 9.17) is 0 Å². The Morgan fingerprint density at radius 1 is 1.46 bits per heavy atom. The molecule has 0 N–H and O–H groups in total. The molecular weight excluding hydrogens is 166 g/mol. The van der Waals surface area contributed by atoms with Crippen molar-refractivity contribution >= 4 is 11.5 Å². The minimum atomic E-state index is 0.273. The number of pyridine rings is 1. The highest BCUT2D eigenvalue weighted by molar-refractivity contribution is 5.55. The Hall–Kier alpha value is -1.71. The van der Waals surface area contributed by atoms with Gasteiger partial charge in [-0.2, -0.15) is 0 Å². The van der Waals surface area contributed by atoms with Crippen LogP contribution in [0.1, 0.15) is 11.3 Å².